The van der Waals surface area contributed by atoms with E-state index in [0.717, 1.165) is 38.5 Å². The van der Waals surface area contributed by atoms with E-state index in [2.05, 4.69) is 13.8 Å². The van der Waals surface area contributed by atoms with Crippen molar-refractivity contribution in [3.8, 4) is 0 Å². The number of esters is 1. The molecule has 0 saturated heterocycles. The number of rotatable bonds is 45. The summed E-state index contributed by atoms with van der Waals surface area (Å²) in [4.78, 5) is 23.2. The summed E-state index contributed by atoms with van der Waals surface area (Å²) < 4.78 is 34.3. The Morgan fingerprint density at radius 1 is 0.452 bits per heavy atom. The number of phosphoric ester groups is 1. The second-order valence-electron chi connectivity index (χ2n) is 18.4. The highest BCUT2D eigenvalue weighted by Crippen LogP contribution is 2.47. The van der Waals surface area contributed by atoms with Crippen LogP contribution >= 0.6 is 7.82 Å². The summed E-state index contributed by atoms with van der Waals surface area (Å²) in [7, 11) is -5.01. The minimum atomic E-state index is -5.01. The van der Waals surface area contributed by atoms with Crippen molar-refractivity contribution in [3.63, 3.8) is 0 Å². The maximum atomic E-state index is 12.8. The number of carbonyl (C=O) groups excluding carboxylic acids is 1. The van der Waals surface area contributed by atoms with Crippen LogP contribution in [0.2, 0.25) is 0 Å². The second-order valence-corrected chi connectivity index (χ2v) is 19.8. The number of aliphatic hydroxyl groups is 5. The van der Waals surface area contributed by atoms with Gasteiger partial charge in [-0.3, -0.25) is 13.8 Å². The molecule has 0 heterocycles. The van der Waals surface area contributed by atoms with E-state index in [1.165, 1.54) is 180 Å². The zero-order chi connectivity index (χ0) is 45.5. The van der Waals surface area contributed by atoms with Crippen LogP contribution in [0.3, 0.4) is 0 Å². The zero-order valence-electron chi connectivity index (χ0n) is 39.7. The molecular weight excluding hydrogens is 812 g/mol. The van der Waals surface area contributed by atoms with E-state index >= 15 is 0 Å². The average Bonchev–Trinajstić information content (AvgIpc) is 3.26. The maximum absolute atomic E-state index is 12.8. The van der Waals surface area contributed by atoms with Crippen LogP contribution in [0.1, 0.15) is 245 Å². The monoisotopic (exact) mass is 909 g/mol. The summed E-state index contributed by atoms with van der Waals surface area (Å²) in [5.41, 5.74) is 0. The van der Waals surface area contributed by atoms with Crippen LogP contribution in [0, 0.1) is 0 Å². The predicted molar refractivity (Wildman–Crippen MR) is 249 cm³/mol. The molecule has 0 amide bonds. The van der Waals surface area contributed by atoms with E-state index in [1.54, 1.807) is 0 Å². The lowest BCUT2D eigenvalue weighted by molar-refractivity contribution is -0.220. The summed E-state index contributed by atoms with van der Waals surface area (Å²) in [6, 6.07) is 0. The van der Waals surface area contributed by atoms with Crippen molar-refractivity contribution >= 4 is 13.8 Å². The van der Waals surface area contributed by atoms with E-state index in [9.17, 15) is 39.8 Å². The SMILES string of the molecule is CCCCCCCCCCCCCCCCCCCCCCCC(=O)O[C@H](COCCCCCCCCCCCCCCCC)COP(=O)(O)OC1C(O)C(O)C(O)[C@@H](O)C1O. The molecule has 1 aliphatic carbocycles. The van der Waals surface area contributed by atoms with Gasteiger partial charge in [0.15, 0.2) is 0 Å². The first-order valence-electron chi connectivity index (χ1n) is 25.9. The van der Waals surface area contributed by atoms with Crippen molar-refractivity contribution in [1.29, 1.82) is 0 Å². The lowest BCUT2D eigenvalue weighted by atomic mass is 9.85. The largest absolute Gasteiger partial charge is 0.472 e. The Balaban J connectivity index is 2.30. The number of aliphatic hydroxyl groups excluding tert-OH is 5. The first-order valence-corrected chi connectivity index (χ1v) is 27.4. The van der Waals surface area contributed by atoms with Gasteiger partial charge >= 0.3 is 13.8 Å². The summed E-state index contributed by atoms with van der Waals surface area (Å²) >= 11 is 0. The molecule has 62 heavy (non-hydrogen) atoms. The van der Waals surface area contributed by atoms with Crippen LogP contribution in [0.25, 0.3) is 0 Å². The lowest BCUT2D eigenvalue weighted by Crippen LogP contribution is -2.64. The summed E-state index contributed by atoms with van der Waals surface area (Å²) in [5, 5.41) is 50.3. The van der Waals surface area contributed by atoms with Crippen molar-refractivity contribution in [2.45, 2.75) is 288 Å². The fourth-order valence-electron chi connectivity index (χ4n) is 8.36. The van der Waals surface area contributed by atoms with Gasteiger partial charge in [-0.2, -0.15) is 0 Å². The topological polar surface area (TPSA) is 192 Å². The standard InChI is InChI=1S/C49H97O12P/c1-3-5-7-9-11-13-15-17-19-20-21-22-23-24-25-26-28-30-32-34-36-38-43(50)60-42(40-58-39-37-35-33-31-29-27-18-16-14-12-10-8-6-4-2)41-59-62(56,57)61-49-47(54)45(52)44(51)46(53)48(49)55/h42,44-49,51-55H,3-41H2,1-2H3,(H,56,57)/t42-,44?,45-,46?,47?,48?,49?/m1/s1. The highest BCUT2D eigenvalue weighted by Gasteiger charge is 2.51. The number of hydrogen-bond acceptors (Lipinski definition) is 11. The molecule has 1 saturated carbocycles. The van der Waals surface area contributed by atoms with Gasteiger partial charge in [-0.1, -0.05) is 226 Å². The van der Waals surface area contributed by atoms with Gasteiger partial charge in [0.05, 0.1) is 13.2 Å². The van der Waals surface area contributed by atoms with Crippen LogP contribution in [-0.4, -0.2) is 98.9 Å². The van der Waals surface area contributed by atoms with E-state index in [1.807, 2.05) is 0 Å². The van der Waals surface area contributed by atoms with Gasteiger partial charge in [-0.25, -0.2) is 4.57 Å². The van der Waals surface area contributed by atoms with Gasteiger partial charge in [-0.05, 0) is 12.8 Å². The first-order chi connectivity index (χ1) is 30.0. The first kappa shape index (κ1) is 59.4. The molecule has 0 aliphatic heterocycles. The van der Waals surface area contributed by atoms with Crippen molar-refractivity contribution in [2.24, 2.45) is 0 Å². The molecule has 0 bridgehead atoms. The Morgan fingerprint density at radius 2 is 0.758 bits per heavy atom. The van der Waals surface area contributed by atoms with Crippen molar-refractivity contribution < 1.29 is 58.3 Å². The number of carbonyl (C=O) groups is 1. The summed E-state index contributed by atoms with van der Waals surface area (Å²) in [6.45, 7) is 4.31. The number of phosphoric acid groups is 1. The minimum absolute atomic E-state index is 0.0677. The molecule has 0 aromatic heterocycles. The summed E-state index contributed by atoms with van der Waals surface area (Å²) in [6.07, 6.45) is 31.7. The van der Waals surface area contributed by atoms with E-state index in [4.69, 9.17) is 18.5 Å². The molecule has 0 spiro atoms. The molecule has 6 unspecified atom stereocenters. The Labute approximate surface area is 378 Å². The van der Waals surface area contributed by atoms with E-state index in [-0.39, 0.29) is 13.0 Å². The third kappa shape index (κ3) is 32.1. The Kier molecular flexibility index (Phi) is 38.9. The molecule has 0 radical (unpaired) electrons. The molecule has 1 rings (SSSR count). The van der Waals surface area contributed by atoms with Gasteiger partial charge < -0.3 is 39.9 Å². The van der Waals surface area contributed by atoms with Gasteiger partial charge in [0.25, 0.3) is 0 Å². The van der Waals surface area contributed by atoms with E-state index in [0.29, 0.717) is 13.0 Å². The molecule has 1 fully saturated rings. The molecular formula is C49H97O12P. The number of hydrogen-bond donors (Lipinski definition) is 6. The van der Waals surface area contributed by atoms with Gasteiger partial charge in [0.1, 0.15) is 42.7 Å². The van der Waals surface area contributed by atoms with Crippen LogP contribution in [-0.2, 0) is 27.9 Å². The highest BCUT2D eigenvalue weighted by atomic mass is 31.2. The van der Waals surface area contributed by atoms with Crippen molar-refractivity contribution in [1.82, 2.24) is 0 Å². The minimum Gasteiger partial charge on any atom is -0.457 e. The lowest BCUT2D eigenvalue weighted by Gasteiger charge is -2.41. The normalized spacial score (nSPS) is 21.9. The number of ether oxygens (including phenoxy) is 2. The fourth-order valence-corrected chi connectivity index (χ4v) is 9.33. The highest BCUT2D eigenvalue weighted by molar-refractivity contribution is 7.47. The van der Waals surface area contributed by atoms with Gasteiger partial charge in [-0.15, -0.1) is 0 Å². The zero-order valence-corrected chi connectivity index (χ0v) is 40.6. The fraction of sp³-hybridized carbons (Fsp3) is 0.980. The predicted octanol–water partition coefficient (Wildman–Crippen LogP) is 11.3. The van der Waals surface area contributed by atoms with Crippen molar-refractivity contribution in [2.75, 3.05) is 19.8 Å². The third-order valence-electron chi connectivity index (χ3n) is 12.5. The van der Waals surface area contributed by atoms with Gasteiger partial charge in [0, 0.05) is 13.0 Å². The summed E-state index contributed by atoms with van der Waals surface area (Å²) in [5.74, 6) is -0.469. The van der Waals surface area contributed by atoms with E-state index < -0.39 is 63.1 Å². The third-order valence-corrected chi connectivity index (χ3v) is 13.5. The molecule has 370 valence electrons. The van der Waals surface area contributed by atoms with Gasteiger partial charge in [0.2, 0.25) is 0 Å². The van der Waals surface area contributed by atoms with Crippen LogP contribution < -0.4 is 0 Å². The second kappa shape index (κ2) is 40.6. The number of unbranched alkanes of at least 4 members (excludes halogenated alkanes) is 33. The Bertz CT molecular complexity index is 1040. The average molecular weight is 909 g/mol. The quantitative estimate of drug-likeness (QED) is 0.0193. The maximum Gasteiger partial charge on any atom is 0.472 e. The van der Waals surface area contributed by atoms with Crippen LogP contribution in [0.4, 0.5) is 0 Å². The van der Waals surface area contributed by atoms with Crippen LogP contribution in [0.15, 0.2) is 0 Å². The Hall–Kier alpha value is -0.660. The van der Waals surface area contributed by atoms with Crippen molar-refractivity contribution in [3.05, 3.63) is 0 Å². The van der Waals surface area contributed by atoms with Crippen LogP contribution in [0.5, 0.6) is 0 Å². The molecule has 12 nitrogen and oxygen atoms in total. The molecule has 13 heteroatoms. The molecule has 6 N–H and O–H groups in total. The Morgan fingerprint density at radius 3 is 1.11 bits per heavy atom. The molecule has 0 aromatic rings. The molecule has 8 atom stereocenters. The molecule has 1 aliphatic rings. The molecule has 0 aromatic carbocycles. The smallest absolute Gasteiger partial charge is 0.457 e.